The molecule has 0 amide bonds. The van der Waals surface area contributed by atoms with E-state index in [1.165, 1.54) is 10.6 Å². The van der Waals surface area contributed by atoms with Crippen LogP contribution in [0.4, 0.5) is 0 Å². The van der Waals surface area contributed by atoms with Crippen molar-refractivity contribution >= 4 is 40.0 Å². The van der Waals surface area contributed by atoms with Gasteiger partial charge < -0.3 is 10.6 Å². The fraction of sp³-hybridized carbons (Fsp3) is 0.917. The van der Waals surface area contributed by atoms with E-state index in [-0.39, 0.29) is 24.0 Å². The van der Waals surface area contributed by atoms with Crippen molar-refractivity contribution in [2.24, 2.45) is 4.99 Å². The summed E-state index contributed by atoms with van der Waals surface area (Å²) in [6, 6.07) is 0.320. The summed E-state index contributed by atoms with van der Waals surface area (Å²) in [7, 11) is -3.09. The molecule has 122 valence electrons. The highest BCUT2D eigenvalue weighted by molar-refractivity contribution is 14.0. The predicted molar refractivity (Wildman–Crippen MR) is 96.4 cm³/mol. The van der Waals surface area contributed by atoms with Crippen molar-refractivity contribution in [3.8, 4) is 0 Å². The van der Waals surface area contributed by atoms with Crippen LogP contribution in [0.25, 0.3) is 0 Å². The van der Waals surface area contributed by atoms with Gasteiger partial charge in [-0.3, -0.25) is 4.99 Å². The maximum absolute atomic E-state index is 11.4. The first-order valence-corrected chi connectivity index (χ1v) is 8.66. The number of guanidine groups is 1. The van der Waals surface area contributed by atoms with E-state index < -0.39 is 10.0 Å². The molecule has 0 saturated carbocycles. The Morgan fingerprint density at radius 3 is 2.30 bits per heavy atom. The first-order chi connectivity index (χ1) is 8.81. The van der Waals surface area contributed by atoms with Crippen molar-refractivity contribution in [2.45, 2.75) is 40.2 Å². The molecule has 6 nitrogen and oxygen atoms in total. The summed E-state index contributed by atoms with van der Waals surface area (Å²) >= 11 is 0. The van der Waals surface area contributed by atoms with E-state index in [0.29, 0.717) is 25.7 Å². The first kappa shape index (κ1) is 22.2. The Kier molecular flexibility index (Phi) is 12.8. The molecule has 2 N–H and O–H groups in total. The highest BCUT2D eigenvalue weighted by atomic mass is 127. The van der Waals surface area contributed by atoms with Gasteiger partial charge in [0.05, 0.1) is 6.26 Å². The Hall–Kier alpha value is -0.0900. The highest BCUT2D eigenvalue weighted by Crippen LogP contribution is 1.99. The number of nitrogens with zero attached hydrogens (tertiary/aromatic N) is 2. The minimum absolute atomic E-state index is 0. The zero-order chi connectivity index (χ0) is 14.9. The van der Waals surface area contributed by atoms with Crippen molar-refractivity contribution in [3.05, 3.63) is 0 Å². The van der Waals surface area contributed by atoms with Crippen molar-refractivity contribution in [1.29, 1.82) is 0 Å². The molecule has 0 aliphatic carbocycles. The standard InChI is InChI=1S/C12H28N4O2S.HI/c1-6-13-12(15-11(3)4)14-9-8-10-16(7-2)19(5,17)18;/h11H,6-10H2,1-5H3,(H2,13,14,15);1H. The van der Waals surface area contributed by atoms with Crippen LogP contribution >= 0.6 is 24.0 Å². The Bertz CT molecular complexity index is 372. The molecule has 0 atom stereocenters. The molecule has 20 heavy (non-hydrogen) atoms. The predicted octanol–water partition coefficient (Wildman–Crippen LogP) is 1.24. The zero-order valence-electron chi connectivity index (χ0n) is 13.1. The largest absolute Gasteiger partial charge is 0.357 e. The first-order valence-electron chi connectivity index (χ1n) is 6.81. The number of hydrogen-bond acceptors (Lipinski definition) is 3. The number of halogens is 1. The second-order valence-electron chi connectivity index (χ2n) is 4.67. The number of nitrogens with one attached hydrogen (secondary N) is 2. The van der Waals surface area contributed by atoms with Crippen LogP contribution in [-0.4, -0.2) is 57.2 Å². The minimum atomic E-state index is -3.09. The van der Waals surface area contributed by atoms with Gasteiger partial charge in [0, 0.05) is 32.2 Å². The third-order valence-electron chi connectivity index (χ3n) is 2.43. The second kappa shape index (κ2) is 11.6. The molecular weight excluding hydrogens is 391 g/mol. The van der Waals surface area contributed by atoms with Gasteiger partial charge in [-0.05, 0) is 27.2 Å². The van der Waals surface area contributed by atoms with Crippen LogP contribution in [0.2, 0.25) is 0 Å². The van der Waals surface area contributed by atoms with Crippen LogP contribution in [0.5, 0.6) is 0 Å². The second-order valence-corrected chi connectivity index (χ2v) is 6.65. The molecule has 0 fully saturated rings. The van der Waals surface area contributed by atoms with Crippen LogP contribution < -0.4 is 10.6 Å². The zero-order valence-corrected chi connectivity index (χ0v) is 16.3. The molecule has 0 aromatic rings. The molecular formula is C12H29IN4O2S. The van der Waals surface area contributed by atoms with Gasteiger partial charge >= 0.3 is 0 Å². The molecule has 0 heterocycles. The van der Waals surface area contributed by atoms with Gasteiger partial charge in [-0.2, -0.15) is 0 Å². The Labute approximate surface area is 140 Å². The molecule has 8 heteroatoms. The maximum Gasteiger partial charge on any atom is 0.211 e. The van der Waals surface area contributed by atoms with Gasteiger partial charge in [0.2, 0.25) is 10.0 Å². The van der Waals surface area contributed by atoms with E-state index in [1.54, 1.807) is 0 Å². The Morgan fingerprint density at radius 2 is 1.90 bits per heavy atom. The molecule has 0 spiro atoms. The van der Waals surface area contributed by atoms with E-state index in [0.717, 1.165) is 18.9 Å². The number of hydrogen-bond donors (Lipinski definition) is 2. The lowest BCUT2D eigenvalue weighted by Crippen LogP contribution is -2.41. The van der Waals surface area contributed by atoms with Gasteiger partial charge in [-0.15, -0.1) is 24.0 Å². The summed E-state index contributed by atoms with van der Waals surface area (Å²) in [6.07, 6.45) is 1.96. The van der Waals surface area contributed by atoms with Gasteiger partial charge in [0.1, 0.15) is 0 Å². The molecule has 0 bridgehead atoms. The van der Waals surface area contributed by atoms with Crippen LogP contribution in [0.1, 0.15) is 34.1 Å². The Balaban J connectivity index is 0. The van der Waals surface area contributed by atoms with Crippen molar-refractivity contribution < 1.29 is 8.42 Å². The smallest absolute Gasteiger partial charge is 0.211 e. The van der Waals surface area contributed by atoms with Gasteiger partial charge in [0.15, 0.2) is 5.96 Å². The van der Waals surface area contributed by atoms with Crippen LogP contribution in [0.3, 0.4) is 0 Å². The lowest BCUT2D eigenvalue weighted by molar-refractivity contribution is 0.427. The fourth-order valence-electron chi connectivity index (χ4n) is 1.59. The molecule has 0 aromatic heterocycles. The summed E-state index contributed by atoms with van der Waals surface area (Å²) < 4.78 is 24.3. The van der Waals surface area contributed by atoms with E-state index in [4.69, 9.17) is 0 Å². The quantitative estimate of drug-likeness (QED) is 0.268. The van der Waals surface area contributed by atoms with E-state index in [1.807, 2.05) is 13.8 Å². The van der Waals surface area contributed by atoms with Crippen molar-refractivity contribution in [1.82, 2.24) is 14.9 Å². The SMILES string of the molecule is CCNC(=NCCCN(CC)S(C)(=O)=O)NC(C)C.I. The molecule has 0 aliphatic heterocycles. The number of aliphatic imine (C=N–C) groups is 1. The van der Waals surface area contributed by atoms with Gasteiger partial charge in [0.25, 0.3) is 0 Å². The summed E-state index contributed by atoms with van der Waals surface area (Å²) in [6.45, 7) is 10.4. The molecule has 0 saturated heterocycles. The minimum Gasteiger partial charge on any atom is -0.357 e. The summed E-state index contributed by atoms with van der Waals surface area (Å²) in [5.74, 6) is 0.778. The van der Waals surface area contributed by atoms with Crippen LogP contribution in [0, 0.1) is 0 Å². The van der Waals surface area contributed by atoms with Gasteiger partial charge in [-0.1, -0.05) is 6.92 Å². The highest BCUT2D eigenvalue weighted by Gasteiger charge is 2.12. The molecule has 0 rings (SSSR count). The summed E-state index contributed by atoms with van der Waals surface area (Å²) in [5, 5.41) is 6.37. The van der Waals surface area contributed by atoms with Crippen LogP contribution in [-0.2, 0) is 10.0 Å². The average Bonchev–Trinajstić information content (AvgIpc) is 2.26. The number of sulfonamides is 1. The topological polar surface area (TPSA) is 73.8 Å². The third kappa shape index (κ3) is 10.7. The maximum atomic E-state index is 11.4. The third-order valence-corrected chi connectivity index (χ3v) is 3.81. The summed E-state index contributed by atoms with van der Waals surface area (Å²) in [4.78, 5) is 4.41. The van der Waals surface area contributed by atoms with E-state index >= 15 is 0 Å². The molecule has 0 radical (unpaired) electrons. The Morgan fingerprint density at radius 1 is 1.30 bits per heavy atom. The lowest BCUT2D eigenvalue weighted by atomic mass is 10.4. The fourth-order valence-corrected chi connectivity index (χ4v) is 2.52. The normalized spacial score (nSPS) is 12.4. The van der Waals surface area contributed by atoms with Crippen molar-refractivity contribution in [3.63, 3.8) is 0 Å². The summed E-state index contributed by atoms with van der Waals surface area (Å²) in [5.41, 5.74) is 0. The van der Waals surface area contributed by atoms with Gasteiger partial charge in [-0.25, -0.2) is 12.7 Å². The monoisotopic (exact) mass is 420 g/mol. The average molecular weight is 420 g/mol. The van der Waals surface area contributed by atoms with Crippen LogP contribution in [0.15, 0.2) is 4.99 Å². The lowest BCUT2D eigenvalue weighted by Gasteiger charge is -2.17. The molecule has 0 unspecified atom stereocenters. The number of rotatable bonds is 8. The van der Waals surface area contributed by atoms with E-state index in [9.17, 15) is 8.42 Å². The molecule has 0 aliphatic rings. The molecule has 0 aromatic carbocycles. The van der Waals surface area contributed by atoms with Crippen molar-refractivity contribution in [2.75, 3.05) is 32.4 Å². The van der Waals surface area contributed by atoms with E-state index in [2.05, 4.69) is 29.5 Å².